The van der Waals surface area contributed by atoms with Gasteiger partial charge in [0.2, 0.25) is 0 Å². The van der Waals surface area contributed by atoms with E-state index in [4.69, 9.17) is 5.11 Å². The molecule has 0 atom stereocenters. The van der Waals surface area contributed by atoms with Gasteiger partial charge in [-0.1, -0.05) is 0 Å². The molecule has 1 aromatic heterocycles. The zero-order chi connectivity index (χ0) is 9.30. The first-order chi connectivity index (χ1) is 5.57. The normalized spacial score (nSPS) is 10.4. The summed E-state index contributed by atoms with van der Waals surface area (Å²) in [5, 5.41) is 8.31. The van der Waals surface area contributed by atoms with Crippen LogP contribution >= 0.6 is 0 Å². The monoisotopic (exact) mass is 181 g/mol. The molecular formula is C6H3F4NO. The van der Waals surface area contributed by atoms with Gasteiger partial charge in [0, 0.05) is 0 Å². The van der Waals surface area contributed by atoms with Gasteiger partial charge in [-0.15, -0.1) is 0 Å². The van der Waals surface area contributed by atoms with Crippen LogP contribution in [0.15, 0.2) is 0 Å². The van der Waals surface area contributed by atoms with Crippen molar-refractivity contribution in [3.63, 3.8) is 0 Å². The molecule has 1 aromatic rings. The molecule has 0 aromatic carbocycles. The summed E-state index contributed by atoms with van der Waals surface area (Å²) in [6.07, 6.45) is 0. The maximum Gasteiger partial charge on any atom is 0.252 e. The summed E-state index contributed by atoms with van der Waals surface area (Å²) in [6, 6.07) is 0. The maximum atomic E-state index is 12.4. The molecule has 1 rings (SSSR count). The van der Waals surface area contributed by atoms with Gasteiger partial charge < -0.3 is 5.11 Å². The predicted octanol–water partition coefficient (Wildman–Crippen LogP) is 1.13. The Balaban J connectivity index is 3.42. The molecule has 0 saturated heterocycles. The molecule has 0 aliphatic carbocycles. The Bertz CT molecular complexity index is 289. The number of pyridine rings is 1. The Hall–Kier alpha value is -1.17. The van der Waals surface area contributed by atoms with Gasteiger partial charge >= 0.3 is 0 Å². The molecule has 0 radical (unpaired) electrons. The molecule has 12 heavy (non-hydrogen) atoms. The molecule has 0 aliphatic rings. The van der Waals surface area contributed by atoms with Crippen LogP contribution in [0, 0.1) is 23.5 Å². The van der Waals surface area contributed by atoms with Gasteiger partial charge in [-0.05, 0) is 0 Å². The van der Waals surface area contributed by atoms with Crippen LogP contribution in [-0.2, 0) is 6.61 Å². The summed E-state index contributed by atoms with van der Waals surface area (Å²) < 4.78 is 49.3. The first kappa shape index (κ1) is 8.92. The standard InChI is InChI=1S/C6H3F4NO/c7-3-2(1-12)4(8)6(10)11-5(3)9/h12H,1H2. The van der Waals surface area contributed by atoms with E-state index in [0.717, 1.165) is 0 Å². The molecule has 0 spiro atoms. The van der Waals surface area contributed by atoms with Crippen molar-refractivity contribution in [1.29, 1.82) is 0 Å². The lowest BCUT2D eigenvalue weighted by Gasteiger charge is -2.01. The van der Waals surface area contributed by atoms with Crippen molar-refractivity contribution in [2.75, 3.05) is 0 Å². The van der Waals surface area contributed by atoms with Crippen LogP contribution in [0.5, 0.6) is 0 Å². The summed E-state index contributed by atoms with van der Waals surface area (Å²) in [6.45, 7) is -1.12. The van der Waals surface area contributed by atoms with Gasteiger partial charge in [-0.25, -0.2) is 8.78 Å². The van der Waals surface area contributed by atoms with Gasteiger partial charge in [0.05, 0.1) is 12.2 Å². The lowest BCUT2D eigenvalue weighted by atomic mass is 10.2. The second kappa shape index (κ2) is 3.06. The van der Waals surface area contributed by atoms with Crippen LogP contribution in [0.4, 0.5) is 17.6 Å². The molecule has 1 heterocycles. The van der Waals surface area contributed by atoms with Crippen LogP contribution < -0.4 is 0 Å². The fraction of sp³-hybridized carbons (Fsp3) is 0.167. The average molecular weight is 181 g/mol. The highest BCUT2D eigenvalue weighted by Crippen LogP contribution is 2.15. The fourth-order valence-electron chi connectivity index (χ4n) is 0.669. The molecule has 0 fully saturated rings. The smallest absolute Gasteiger partial charge is 0.252 e. The van der Waals surface area contributed by atoms with E-state index >= 15 is 0 Å². The zero-order valence-electron chi connectivity index (χ0n) is 5.61. The van der Waals surface area contributed by atoms with E-state index in [1.54, 1.807) is 0 Å². The summed E-state index contributed by atoms with van der Waals surface area (Å²) in [7, 11) is 0. The number of aromatic nitrogens is 1. The van der Waals surface area contributed by atoms with Crippen LogP contribution in [-0.4, -0.2) is 10.1 Å². The van der Waals surface area contributed by atoms with Crippen LogP contribution in [0.25, 0.3) is 0 Å². The minimum absolute atomic E-state index is 1.06. The zero-order valence-corrected chi connectivity index (χ0v) is 5.61. The largest absolute Gasteiger partial charge is 0.391 e. The summed E-state index contributed by atoms with van der Waals surface area (Å²) in [5.41, 5.74) is -1.06. The van der Waals surface area contributed by atoms with Crippen LogP contribution in [0.2, 0.25) is 0 Å². The van der Waals surface area contributed by atoms with E-state index < -0.39 is 35.7 Å². The van der Waals surface area contributed by atoms with E-state index in [1.165, 1.54) is 0 Å². The first-order valence-electron chi connectivity index (χ1n) is 2.87. The predicted molar refractivity (Wildman–Crippen MR) is 30.0 cm³/mol. The van der Waals surface area contributed by atoms with E-state index in [9.17, 15) is 17.6 Å². The second-order valence-electron chi connectivity index (χ2n) is 1.96. The quantitative estimate of drug-likeness (QED) is 0.520. The van der Waals surface area contributed by atoms with Crippen molar-refractivity contribution in [3.05, 3.63) is 29.1 Å². The Kier molecular flexibility index (Phi) is 2.27. The molecule has 0 amide bonds. The lowest BCUT2D eigenvalue weighted by molar-refractivity contribution is 0.259. The van der Waals surface area contributed by atoms with Crippen molar-refractivity contribution in [3.8, 4) is 0 Å². The highest BCUT2D eigenvalue weighted by Gasteiger charge is 2.19. The van der Waals surface area contributed by atoms with Gasteiger partial charge in [0.25, 0.3) is 11.9 Å². The Morgan fingerprint density at radius 3 is 1.75 bits per heavy atom. The Morgan fingerprint density at radius 1 is 1.00 bits per heavy atom. The topological polar surface area (TPSA) is 33.1 Å². The molecule has 0 unspecified atom stereocenters. The summed E-state index contributed by atoms with van der Waals surface area (Å²) in [5.74, 6) is -6.87. The molecular weight excluding hydrogens is 178 g/mol. The molecule has 0 aliphatic heterocycles. The molecule has 2 nitrogen and oxygen atoms in total. The van der Waals surface area contributed by atoms with Gasteiger partial charge in [-0.3, -0.25) is 0 Å². The van der Waals surface area contributed by atoms with E-state index in [1.807, 2.05) is 0 Å². The highest BCUT2D eigenvalue weighted by atomic mass is 19.2. The third-order valence-electron chi connectivity index (χ3n) is 1.25. The summed E-state index contributed by atoms with van der Waals surface area (Å²) in [4.78, 5) is 2.29. The Morgan fingerprint density at radius 2 is 1.42 bits per heavy atom. The fourth-order valence-corrected chi connectivity index (χ4v) is 0.669. The van der Waals surface area contributed by atoms with E-state index in [0.29, 0.717) is 0 Å². The number of rotatable bonds is 1. The van der Waals surface area contributed by atoms with Crippen LogP contribution in [0.1, 0.15) is 5.56 Å². The minimum atomic E-state index is -1.77. The van der Waals surface area contributed by atoms with Gasteiger partial charge in [0.15, 0.2) is 11.6 Å². The van der Waals surface area contributed by atoms with Gasteiger partial charge in [0.1, 0.15) is 0 Å². The molecule has 1 N–H and O–H groups in total. The number of nitrogens with zero attached hydrogens (tertiary/aromatic N) is 1. The van der Waals surface area contributed by atoms with Crippen LogP contribution in [0.3, 0.4) is 0 Å². The Labute approximate surface area is 64.5 Å². The van der Waals surface area contributed by atoms with Crippen molar-refractivity contribution < 1.29 is 22.7 Å². The number of aliphatic hydroxyl groups excluding tert-OH is 1. The molecule has 0 saturated carbocycles. The van der Waals surface area contributed by atoms with E-state index in [-0.39, 0.29) is 0 Å². The maximum absolute atomic E-state index is 12.4. The number of hydrogen-bond acceptors (Lipinski definition) is 2. The SMILES string of the molecule is OCc1c(F)c(F)nc(F)c1F. The average Bonchev–Trinajstić information content (AvgIpc) is 2.02. The van der Waals surface area contributed by atoms with Crippen molar-refractivity contribution >= 4 is 0 Å². The second-order valence-corrected chi connectivity index (χ2v) is 1.96. The third kappa shape index (κ3) is 1.25. The lowest BCUT2D eigenvalue weighted by Crippen LogP contribution is -2.05. The minimum Gasteiger partial charge on any atom is -0.391 e. The highest BCUT2D eigenvalue weighted by molar-refractivity contribution is 5.15. The van der Waals surface area contributed by atoms with Crippen molar-refractivity contribution in [2.45, 2.75) is 6.61 Å². The van der Waals surface area contributed by atoms with E-state index in [2.05, 4.69) is 4.98 Å². The molecule has 6 heteroatoms. The molecule has 66 valence electrons. The summed E-state index contributed by atoms with van der Waals surface area (Å²) >= 11 is 0. The number of hydrogen-bond donors (Lipinski definition) is 1. The molecule has 0 bridgehead atoms. The third-order valence-corrected chi connectivity index (χ3v) is 1.25. The number of aliphatic hydroxyl groups is 1. The number of halogens is 4. The van der Waals surface area contributed by atoms with Crippen molar-refractivity contribution in [1.82, 2.24) is 4.98 Å². The van der Waals surface area contributed by atoms with Crippen molar-refractivity contribution in [2.24, 2.45) is 0 Å². The van der Waals surface area contributed by atoms with Gasteiger partial charge in [-0.2, -0.15) is 13.8 Å². The first-order valence-corrected chi connectivity index (χ1v) is 2.87.